The van der Waals surface area contributed by atoms with Gasteiger partial charge in [0, 0.05) is 12.5 Å². The van der Waals surface area contributed by atoms with Crippen molar-refractivity contribution in [1.29, 1.82) is 0 Å². The second kappa shape index (κ2) is 5.98. The van der Waals surface area contributed by atoms with Gasteiger partial charge in [-0.05, 0) is 19.4 Å². The molecule has 2 unspecified atom stereocenters. The van der Waals surface area contributed by atoms with Crippen LogP contribution in [0.25, 0.3) is 0 Å². The zero-order chi connectivity index (χ0) is 10.4. The highest BCUT2D eigenvalue weighted by Crippen LogP contribution is 2.13. The van der Waals surface area contributed by atoms with E-state index in [1.54, 1.807) is 0 Å². The summed E-state index contributed by atoms with van der Waals surface area (Å²) in [5.74, 6) is 0.175. The van der Waals surface area contributed by atoms with E-state index in [1.807, 2.05) is 6.92 Å². The van der Waals surface area contributed by atoms with E-state index in [0.717, 1.165) is 19.6 Å². The molecule has 2 N–H and O–H groups in total. The summed E-state index contributed by atoms with van der Waals surface area (Å²) >= 11 is 0. The lowest BCUT2D eigenvalue weighted by Crippen LogP contribution is -2.21. The Morgan fingerprint density at radius 2 is 2.50 bits per heavy atom. The average molecular weight is 201 g/mol. The maximum atomic E-state index is 11.4. The maximum Gasteiger partial charge on any atom is 0.308 e. The summed E-state index contributed by atoms with van der Waals surface area (Å²) in [6.45, 7) is 4.38. The Morgan fingerprint density at radius 3 is 3.07 bits per heavy atom. The Morgan fingerprint density at radius 1 is 1.71 bits per heavy atom. The molecule has 0 aliphatic carbocycles. The number of carbonyl (C=O) groups excluding carboxylic acids is 1. The number of hydrogen-bond donors (Lipinski definition) is 1. The van der Waals surface area contributed by atoms with Crippen molar-refractivity contribution in [3.05, 3.63) is 0 Å². The number of esters is 1. The van der Waals surface area contributed by atoms with E-state index in [0.29, 0.717) is 25.5 Å². The lowest BCUT2D eigenvalue weighted by molar-refractivity contribution is -0.149. The molecule has 4 heteroatoms. The molecule has 0 radical (unpaired) electrons. The van der Waals surface area contributed by atoms with Crippen LogP contribution in [0.2, 0.25) is 0 Å². The summed E-state index contributed by atoms with van der Waals surface area (Å²) in [5.41, 5.74) is 5.36. The highest BCUT2D eigenvalue weighted by atomic mass is 16.5. The van der Waals surface area contributed by atoms with E-state index >= 15 is 0 Å². The first-order valence-corrected chi connectivity index (χ1v) is 5.18. The molecule has 1 heterocycles. The Hall–Kier alpha value is -0.610. The molecule has 0 aromatic rings. The average Bonchev–Trinajstić information content (AvgIpc) is 2.67. The van der Waals surface area contributed by atoms with Crippen molar-refractivity contribution in [3.8, 4) is 0 Å². The van der Waals surface area contributed by atoms with Gasteiger partial charge < -0.3 is 15.2 Å². The summed E-state index contributed by atoms with van der Waals surface area (Å²) in [6.07, 6.45) is 1.69. The van der Waals surface area contributed by atoms with Gasteiger partial charge in [0.2, 0.25) is 0 Å². The van der Waals surface area contributed by atoms with Gasteiger partial charge in [-0.3, -0.25) is 4.79 Å². The highest BCUT2D eigenvalue weighted by Gasteiger charge is 2.19. The van der Waals surface area contributed by atoms with Gasteiger partial charge in [-0.25, -0.2) is 0 Å². The number of nitrogens with two attached hydrogens (primary N) is 1. The number of rotatable bonds is 5. The van der Waals surface area contributed by atoms with Crippen LogP contribution in [0.4, 0.5) is 0 Å². The fourth-order valence-electron chi connectivity index (χ4n) is 1.42. The number of carbonyl (C=O) groups is 1. The zero-order valence-corrected chi connectivity index (χ0v) is 8.70. The van der Waals surface area contributed by atoms with Crippen LogP contribution >= 0.6 is 0 Å². The predicted octanol–water partition coefficient (Wildman–Crippen LogP) is 0.551. The molecule has 1 aliphatic rings. The third-order valence-electron chi connectivity index (χ3n) is 2.49. The Kier molecular flexibility index (Phi) is 4.90. The smallest absolute Gasteiger partial charge is 0.308 e. The van der Waals surface area contributed by atoms with Crippen LogP contribution in [0.15, 0.2) is 0 Å². The van der Waals surface area contributed by atoms with E-state index in [4.69, 9.17) is 15.2 Å². The SMILES string of the molecule is CC(CCN)C(=O)OCC1CCOC1. The van der Waals surface area contributed by atoms with Crippen LogP contribution < -0.4 is 5.73 Å². The van der Waals surface area contributed by atoms with Crippen LogP contribution in [0.5, 0.6) is 0 Å². The molecule has 82 valence electrons. The molecule has 0 bridgehead atoms. The van der Waals surface area contributed by atoms with Crippen LogP contribution in [0.3, 0.4) is 0 Å². The molecule has 0 spiro atoms. The predicted molar refractivity (Wildman–Crippen MR) is 52.7 cm³/mol. The molecular formula is C10H19NO3. The second-order valence-corrected chi connectivity index (χ2v) is 3.84. The summed E-state index contributed by atoms with van der Waals surface area (Å²) < 4.78 is 10.4. The van der Waals surface area contributed by atoms with Crippen LogP contribution in [0, 0.1) is 11.8 Å². The molecule has 0 aromatic heterocycles. The molecule has 0 amide bonds. The van der Waals surface area contributed by atoms with Gasteiger partial charge in [-0.1, -0.05) is 6.92 Å². The summed E-state index contributed by atoms with van der Waals surface area (Å²) in [5, 5.41) is 0. The van der Waals surface area contributed by atoms with E-state index < -0.39 is 0 Å². The van der Waals surface area contributed by atoms with Gasteiger partial charge in [0.1, 0.15) is 0 Å². The Labute approximate surface area is 84.7 Å². The Bertz CT molecular complexity index is 178. The largest absolute Gasteiger partial charge is 0.465 e. The highest BCUT2D eigenvalue weighted by molar-refractivity contribution is 5.71. The summed E-state index contributed by atoms with van der Waals surface area (Å²) in [7, 11) is 0. The number of ether oxygens (including phenoxy) is 2. The van der Waals surface area contributed by atoms with E-state index in [-0.39, 0.29) is 11.9 Å². The molecule has 1 rings (SSSR count). The van der Waals surface area contributed by atoms with Gasteiger partial charge in [-0.2, -0.15) is 0 Å². The third-order valence-corrected chi connectivity index (χ3v) is 2.49. The topological polar surface area (TPSA) is 61.6 Å². The van der Waals surface area contributed by atoms with Gasteiger partial charge in [-0.15, -0.1) is 0 Å². The molecule has 1 fully saturated rings. The second-order valence-electron chi connectivity index (χ2n) is 3.84. The lowest BCUT2D eigenvalue weighted by atomic mass is 10.1. The minimum atomic E-state index is -0.137. The molecule has 14 heavy (non-hydrogen) atoms. The normalized spacial score (nSPS) is 23.4. The Balaban J connectivity index is 2.13. The quantitative estimate of drug-likeness (QED) is 0.660. The molecule has 2 atom stereocenters. The van der Waals surface area contributed by atoms with Gasteiger partial charge in [0.05, 0.1) is 19.1 Å². The standard InChI is InChI=1S/C10H19NO3/c1-8(2-4-11)10(12)14-7-9-3-5-13-6-9/h8-9H,2-7,11H2,1H3. The number of hydrogen-bond acceptors (Lipinski definition) is 4. The van der Waals surface area contributed by atoms with Crippen molar-refractivity contribution in [2.75, 3.05) is 26.4 Å². The minimum absolute atomic E-state index is 0.0812. The molecule has 0 aromatic carbocycles. The first-order valence-electron chi connectivity index (χ1n) is 5.18. The summed E-state index contributed by atoms with van der Waals surface area (Å²) in [4.78, 5) is 11.4. The molecule has 1 saturated heterocycles. The van der Waals surface area contributed by atoms with Crippen molar-refractivity contribution in [3.63, 3.8) is 0 Å². The lowest BCUT2D eigenvalue weighted by Gasteiger charge is -2.12. The third kappa shape index (κ3) is 3.64. The van der Waals surface area contributed by atoms with Crippen molar-refractivity contribution in [2.45, 2.75) is 19.8 Å². The van der Waals surface area contributed by atoms with Crippen LogP contribution in [-0.4, -0.2) is 32.3 Å². The van der Waals surface area contributed by atoms with E-state index in [1.165, 1.54) is 0 Å². The first-order chi connectivity index (χ1) is 6.74. The van der Waals surface area contributed by atoms with E-state index in [9.17, 15) is 4.79 Å². The molecule has 4 nitrogen and oxygen atoms in total. The monoisotopic (exact) mass is 201 g/mol. The van der Waals surface area contributed by atoms with Gasteiger partial charge >= 0.3 is 5.97 Å². The fourth-order valence-corrected chi connectivity index (χ4v) is 1.42. The van der Waals surface area contributed by atoms with E-state index in [2.05, 4.69) is 0 Å². The van der Waals surface area contributed by atoms with Crippen molar-refractivity contribution in [1.82, 2.24) is 0 Å². The van der Waals surface area contributed by atoms with Crippen LogP contribution in [-0.2, 0) is 14.3 Å². The summed E-state index contributed by atoms with van der Waals surface area (Å²) in [6, 6.07) is 0. The zero-order valence-electron chi connectivity index (χ0n) is 8.70. The van der Waals surface area contributed by atoms with Gasteiger partial charge in [0.15, 0.2) is 0 Å². The van der Waals surface area contributed by atoms with Gasteiger partial charge in [0.25, 0.3) is 0 Å². The maximum absolute atomic E-state index is 11.4. The molecule has 0 saturated carbocycles. The molecular weight excluding hydrogens is 182 g/mol. The van der Waals surface area contributed by atoms with Crippen molar-refractivity contribution < 1.29 is 14.3 Å². The molecule has 1 aliphatic heterocycles. The fraction of sp³-hybridized carbons (Fsp3) is 0.900. The minimum Gasteiger partial charge on any atom is -0.465 e. The van der Waals surface area contributed by atoms with Crippen molar-refractivity contribution in [2.24, 2.45) is 17.6 Å². The first kappa shape index (κ1) is 11.5. The van der Waals surface area contributed by atoms with Crippen molar-refractivity contribution >= 4 is 5.97 Å². The van der Waals surface area contributed by atoms with Crippen LogP contribution in [0.1, 0.15) is 19.8 Å².